The SMILES string of the molecule is Cc1cccc(C2=CSC3C(=O)NC(N4CCC(C(=O)NCc5ccccn5)CC4)NC23)c1. The Kier molecular flexibility index (Phi) is 6.48. The van der Waals surface area contributed by atoms with Gasteiger partial charge in [0.1, 0.15) is 11.5 Å². The third-order valence-electron chi connectivity index (χ3n) is 6.64. The summed E-state index contributed by atoms with van der Waals surface area (Å²) in [5.74, 6) is 0.141. The Morgan fingerprint density at radius 2 is 2.06 bits per heavy atom. The summed E-state index contributed by atoms with van der Waals surface area (Å²) in [6, 6.07) is 14.1. The number of carbonyl (C=O) groups is 2. The van der Waals surface area contributed by atoms with Crippen molar-refractivity contribution in [3.63, 3.8) is 0 Å². The number of hydrogen-bond donors (Lipinski definition) is 3. The zero-order chi connectivity index (χ0) is 22.8. The lowest BCUT2D eigenvalue weighted by Crippen LogP contribution is -2.68. The molecule has 1 aromatic carbocycles. The Hall–Kier alpha value is -2.68. The molecule has 4 heterocycles. The summed E-state index contributed by atoms with van der Waals surface area (Å²) in [6.07, 6.45) is 3.05. The number of aromatic nitrogens is 1. The lowest BCUT2D eigenvalue weighted by Gasteiger charge is -2.43. The number of amides is 2. The number of nitrogens with zero attached hydrogens (tertiary/aromatic N) is 2. The minimum absolute atomic E-state index is 0.0122. The quantitative estimate of drug-likeness (QED) is 0.631. The predicted octanol–water partition coefficient (Wildman–Crippen LogP) is 2.25. The number of pyridine rings is 1. The van der Waals surface area contributed by atoms with Crippen LogP contribution in [0.15, 0.2) is 54.1 Å². The number of piperidine rings is 1. The van der Waals surface area contributed by atoms with Gasteiger partial charge in [0.05, 0.1) is 18.3 Å². The topological polar surface area (TPSA) is 86.4 Å². The molecule has 1 aromatic heterocycles. The first-order valence-corrected chi connectivity index (χ1v) is 12.4. The lowest BCUT2D eigenvalue weighted by molar-refractivity contribution is -0.129. The number of likely N-dealkylation sites (tertiary alicyclic amines) is 1. The molecule has 2 fully saturated rings. The molecule has 2 aromatic rings. The van der Waals surface area contributed by atoms with Crippen LogP contribution in [0.5, 0.6) is 0 Å². The van der Waals surface area contributed by atoms with E-state index in [0.717, 1.165) is 31.6 Å². The van der Waals surface area contributed by atoms with E-state index in [1.54, 1.807) is 18.0 Å². The smallest absolute Gasteiger partial charge is 0.237 e. The molecule has 8 heteroatoms. The molecule has 0 bridgehead atoms. The fourth-order valence-corrected chi connectivity index (χ4v) is 5.94. The summed E-state index contributed by atoms with van der Waals surface area (Å²) >= 11 is 1.59. The van der Waals surface area contributed by atoms with Gasteiger partial charge < -0.3 is 10.6 Å². The van der Waals surface area contributed by atoms with E-state index >= 15 is 0 Å². The van der Waals surface area contributed by atoms with Gasteiger partial charge in [-0.1, -0.05) is 35.9 Å². The zero-order valence-corrected chi connectivity index (χ0v) is 19.5. The van der Waals surface area contributed by atoms with Crippen molar-refractivity contribution in [3.05, 3.63) is 70.9 Å². The number of rotatable bonds is 5. The van der Waals surface area contributed by atoms with E-state index in [0.29, 0.717) is 6.54 Å². The first kappa shape index (κ1) is 22.1. The highest BCUT2D eigenvalue weighted by molar-refractivity contribution is 8.04. The van der Waals surface area contributed by atoms with Crippen LogP contribution in [-0.2, 0) is 16.1 Å². The third-order valence-corrected chi connectivity index (χ3v) is 7.81. The van der Waals surface area contributed by atoms with Crippen molar-refractivity contribution in [2.75, 3.05) is 13.1 Å². The van der Waals surface area contributed by atoms with Crippen LogP contribution in [0.3, 0.4) is 0 Å². The number of nitrogens with one attached hydrogen (secondary N) is 3. The van der Waals surface area contributed by atoms with Gasteiger partial charge in [0.25, 0.3) is 0 Å². The van der Waals surface area contributed by atoms with Crippen molar-refractivity contribution < 1.29 is 9.59 Å². The Balaban J connectivity index is 1.17. The molecule has 0 aliphatic carbocycles. The van der Waals surface area contributed by atoms with E-state index < -0.39 is 0 Å². The van der Waals surface area contributed by atoms with Gasteiger partial charge in [-0.3, -0.25) is 24.8 Å². The van der Waals surface area contributed by atoms with Gasteiger partial charge >= 0.3 is 0 Å². The Labute approximate surface area is 198 Å². The van der Waals surface area contributed by atoms with Gasteiger partial charge in [-0.2, -0.15) is 0 Å². The molecule has 3 N–H and O–H groups in total. The summed E-state index contributed by atoms with van der Waals surface area (Å²) in [4.78, 5) is 32.0. The van der Waals surface area contributed by atoms with Crippen LogP contribution in [0.25, 0.3) is 5.57 Å². The molecule has 3 aliphatic heterocycles. The molecule has 0 spiro atoms. The zero-order valence-electron chi connectivity index (χ0n) is 18.7. The first-order chi connectivity index (χ1) is 16.1. The summed E-state index contributed by atoms with van der Waals surface area (Å²) in [6.45, 7) is 4.06. The van der Waals surface area contributed by atoms with Gasteiger partial charge in [0.2, 0.25) is 11.8 Å². The maximum atomic E-state index is 12.9. The van der Waals surface area contributed by atoms with Gasteiger partial charge in [-0.05, 0) is 48.4 Å². The predicted molar refractivity (Wildman–Crippen MR) is 130 cm³/mol. The van der Waals surface area contributed by atoms with Crippen molar-refractivity contribution in [2.24, 2.45) is 5.92 Å². The third kappa shape index (κ3) is 4.83. The molecule has 172 valence electrons. The molecular formula is C25H29N5O2S. The molecule has 3 unspecified atom stereocenters. The number of carbonyl (C=O) groups excluding carboxylic acids is 2. The highest BCUT2D eigenvalue weighted by atomic mass is 32.2. The molecule has 7 nitrogen and oxygen atoms in total. The van der Waals surface area contributed by atoms with Gasteiger partial charge in [-0.25, -0.2) is 0 Å². The van der Waals surface area contributed by atoms with Crippen molar-refractivity contribution in [2.45, 2.75) is 43.9 Å². The molecule has 3 atom stereocenters. The molecule has 0 radical (unpaired) electrons. The monoisotopic (exact) mass is 463 g/mol. The number of thioether (sulfide) groups is 1. The second-order valence-corrected chi connectivity index (χ2v) is 9.92. The van der Waals surface area contributed by atoms with E-state index in [-0.39, 0.29) is 35.3 Å². The van der Waals surface area contributed by atoms with E-state index in [1.807, 2.05) is 18.2 Å². The molecule has 0 saturated carbocycles. The van der Waals surface area contributed by atoms with E-state index in [2.05, 4.69) is 62.4 Å². The summed E-state index contributed by atoms with van der Waals surface area (Å²) in [7, 11) is 0. The normalized spacial score (nSPS) is 25.8. The number of hydrogen-bond acceptors (Lipinski definition) is 6. The van der Waals surface area contributed by atoms with Crippen LogP contribution < -0.4 is 16.0 Å². The lowest BCUT2D eigenvalue weighted by atomic mass is 9.94. The van der Waals surface area contributed by atoms with E-state index in [4.69, 9.17) is 0 Å². The highest BCUT2D eigenvalue weighted by Crippen LogP contribution is 2.39. The largest absolute Gasteiger partial charge is 0.350 e. The Bertz CT molecular complexity index is 1050. The second kappa shape index (κ2) is 9.67. The standard InChI is InChI=1S/C25H29N5O2S/c1-16-5-4-6-18(13-16)20-15-33-22-21(20)28-25(29-24(22)32)30-11-8-17(9-12-30)23(31)27-14-19-7-2-3-10-26-19/h2-7,10,13,15,17,21-22,25,28H,8-9,11-12,14H2,1H3,(H,27,31)(H,29,32). The molecular weight excluding hydrogens is 434 g/mol. The fourth-order valence-electron chi connectivity index (χ4n) is 4.79. The van der Waals surface area contributed by atoms with Crippen molar-refractivity contribution >= 4 is 29.1 Å². The van der Waals surface area contributed by atoms with Crippen molar-refractivity contribution in [1.82, 2.24) is 25.8 Å². The van der Waals surface area contributed by atoms with Crippen LogP contribution >= 0.6 is 11.8 Å². The van der Waals surface area contributed by atoms with E-state index in [1.165, 1.54) is 16.7 Å². The Morgan fingerprint density at radius 3 is 2.82 bits per heavy atom. The van der Waals surface area contributed by atoms with Gasteiger partial charge in [0, 0.05) is 25.2 Å². The molecule has 5 rings (SSSR count). The fraction of sp³-hybridized carbons (Fsp3) is 0.400. The van der Waals surface area contributed by atoms with Gasteiger partial charge in [0.15, 0.2) is 0 Å². The molecule has 2 saturated heterocycles. The van der Waals surface area contributed by atoms with Gasteiger partial charge in [-0.15, -0.1) is 11.8 Å². The average molecular weight is 464 g/mol. The van der Waals surface area contributed by atoms with Crippen LogP contribution in [0.4, 0.5) is 0 Å². The number of aryl methyl sites for hydroxylation is 1. The van der Waals surface area contributed by atoms with Crippen LogP contribution in [0.2, 0.25) is 0 Å². The minimum Gasteiger partial charge on any atom is -0.350 e. The summed E-state index contributed by atoms with van der Waals surface area (Å²) in [5.41, 5.74) is 4.41. The average Bonchev–Trinajstić information content (AvgIpc) is 3.28. The maximum absolute atomic E-state index is 12.9. The van der Waals surface area contributed by atoms with Crippen molar-refractivity contribution in [1.29, 1.82) is 0 Å². The van der Waals surface area contributed by atoms with Crippen LogP contribution in [0.1, 0.15) is 29.7 Å². The first-order valence-electron chi connectivity index (χ1n) is 11.5. The van der Waals surface area contributed by atoms with Crippen LogP contribution in [-0.4, -0.2) is 52.4 Å². The molecule has 3 aliphatic rings. The molecule has 2 amide bonds. The molecule has 33 heavy (non-hydrogen) atoms. The maximum Gasteiger partial charge on any atom is 0.237 e. The number of benzene rings is 1. The van der Waals surface area contributed by atoms with Crippen LogP contribution in [0, 0.1) is 12.8 Å². The van der Waals surface area contributed by atoms with Crippen molar-refractivity contribution in [3.8, 4) is 0 Å². The Morgan fingerprint density at radius 1 is 1.21 bits per heavy atom. The highest BCUT2D eigenvalue weighted by Gasteiger charge is 2.44. The minimum atomic E-state index is -0.219. The number of fused-ring (bicyclic) bond motifs is 1. The van der Waals surface area contributed by atoms with E-state index in [9.17, 15) is 9.59 Å². The summed E-state index contributed by atoms with van der Waals surface area (Å²) in [5, 5.41) is 11.8. The summed E-state index contributed by atoms with van der Waals surface area (Å²) < 4.78 is 0. The second-order valence-electron chi connectivity index (χ2n) is 8.90.